The molecule has 1 aromatic heterocycles. The van der Waals surface area contributed by atoms with Gasteiger partial charge in [-0.2, -0.15) is 0 Å². The molecular formula is C15H26N2O2S. The molecule has 0 bridgehead atoms. The summed E-state index contributed by atoms with van der Waals surface area (Å²) >= 11 is 1.84. The van der Waals surface area contributed by atoms with Crippen molar-refractivity contribution in [3.05, 3.63) is 15.6 Å². The molecule has 0 aromatic carbocycles. The van der Waals surface area contributed by atoms with Crippen LogP contribution in [0.3, 0.4) is 0 Å². The van der Waals surface area contributed by atoms with Crippen molar-refractivity contribution in [1.29, 1.82) is 0 Å². The zero-order valence-corrected chi connectivity index (χ0v) is 13.6. The van der Waals surface area contributed by atoms with Crippen molar-refractivity contribution in [2.45, 2.75) is 39.2 Å². The summed E-state index contributed by atoms with van der Waals surface area (Å²) in [6.07, 6.45) is 3.25. The van der Waals surface area contributed by atoms with Crippen LogP contribution in [0, 0.1) is 12.8 Å². The van der Waals surface area contributed by atoms with Gasteiger partial charge in [0, 0.05) is 31.7 Å². The molecule has 20 heavy (non-hydrogen) atoms. The summed E-state index contributed by atoms with van der Waals surface area (Å²) in [7, 11) is 1.74. The highest BCUT2D eigenvalue weighted by Gasteiger charge is 2.27. The van der Waals surface area contributed by atoms with E-state index in [1.54, 1.807) is 7.11 Å². The fourth-order valence-corrected chi connectivity index (χ4v) is 3.91. The van der Waals surface area contributed by atoms with Crippen molar-refractivity contribution in [2.75, 3.05) is 33.5 Å². The minimum absolute atomic E-state index is 0.345. The predicted octanol–water partition coefficient (Wildman–Crippen LogP) is 2.72. The molecule has 1 aromatic rings. The van der Waals surface area contributed by atoms with Gasteiger partial charge in [0.25, 0.3) is 0 Å². The van der Waals surface area contributed by atoms with Crippen LogP contribution in [0.1, 0.15) is 41.4 Å². The SMILES string of the molecule is CCc1nc(C(NCCOC)C2CCOCC2)sc1C. The molecule has 0 amide bonds. The number of methoxy groups -OCH3 is 1. The molecule has 0 spiro atoms. The quantitative estimate of drug-likeness (QED) is 0.786. The van der Waals surface area contributed by atoms with Crippen molar-refractivity contribution < 1.29 is 9.47 Å². The van der Waals surface area contributed by atoms with E-state index in [9.17, 15) is 0 Å². The molecule has 1 N–H and O–H groups in total. The summed E-state index contributed by atoms with van der Waals surface area (Å²) in [5.41, 5.74) is 1.25. The predicted molar refractivity (Wildman–Crippen MR) is 82.4 cm³/mol. The molecule has 1 atom stereocenters. The Kier molecular flexibility index (Phi) is 6.42. The summed E-state index contributed by atoms with van der Waals surface area (Å²) in [5.74, 6) is 0.621. The summed E-state index contributed by atoms with van der Waals surface area (Å²) < 4.78 is 10.7. The summed E-state index contributed by atoms with van der Waals surface area (Å²) in [6, 6.07) is 0.345. The highest BCUT2D eigenvalue weighted by molar-refractivity contribution is 7.11. The molecule has 0 aliphatic carbocycles. The van der Waals surface area contributed by atoms with E-state index >= 15 is 0 Å². The molecule has 4 nitrogen and oxygen atoms in total. The highest BCUT2D eigenvalue weighted by Crippen LogP contribution is 2.33. The van der Waals surface area contributed by atoms with Crippen LogP contribution in [-0.4, -0.2) is 38.5 Å². The van der Waals surface area contributed by atoms with Crippen molar-refractivity contribution in [1.82, 2.24) is 10.3 Å². The van der Waals surface area contributed by atoms with E-state index in [4.69, 9.17) is 14.5 Å². The van der Waals surface area contributed by atoms with Crippen LogP contribution in [0.15, 0.2) is 0 Å². The van der Waals surface area contributed by atoms with Gasteiger partial charge in [0.15, 0.2) is 0 Å². The Balaban J connectivity index is 2.10. The molecule has 0 saturated carbocycles. The van der Waals surface area contributed by atoms with E-state index in [0.29, 0.717) is 12.0 Å². The molecule has 2 rings (SSSR count). The third-order valence-electron chi connectivity index (χ3n) is 3.92. The van der Waals surface area contributed by atoms with Gasteiger partial charge in [0.1, 0.15) is 5.01 Å². The Hall–Kier alpha value is -0.490. The number of thiazole rings is 1. The Morgan fingerprint density at radius 2 is 2.20 bits per heavy atom. The average Bonchev–Trinajstić information content (AvgIpc) is 2.85. The van der Waals surface area contributed by atoms with Gasteiger partial charge < -0.3 is 14.8 Å². The van der Waals surface area contributed by atoms with Gasteiger partial charge in [-0.25, -0.2) is 4.98 Å². The van der Waals surface area contributed by atoms with Crippen LogP contribution in [0.5, 0.6) is 0 Å². The van der Waals surface area contributed by atoms with Crippen LogP contribution in [0.25, 0.3) is 0 Å². The number of ether oxygens (including phenoxy) is 2. The molecule has 2 heterocycles. The van der Waals surface area contributed by atoms with Gasteiger partial charge >= 0.3 is 0 Å². The van der Waals surface area contributed by atoms with Crippen molar-refractivity contribution in [3.8, 4) is 0 Å². The van der Waals surface area contributed by atoms with E-state index in [1.807, 2.05) is 11.3 Å². The Labute approximate surface area is 125 Å². The van der Waals surface area contributed by atoms with Gasteiger partial charge in [0.2, 0.25) is 0 Å². The lowest BCUT2D eigenvalue weighted by Crippen LogP contribution is -2.34. The first-order chi connectivity index (χ1) is 9.76. The first-order valence-corrected chi connectivity index (χ1v) is 8.34. The highest BCUT2D eigenvalue weighted by atomic mass is 32.1. The fraction of sp³-hybridized carbons (Fsp3) is 0.800. The average molecular weight is 298 g/mol. The Morgan fingerprint density at radius 3 is 2.80 bits per heavy atom. The van der Waals surface area contributed by atoms with Crippen molar-refractivity contribution in [3.63, 3.8) is 0 Å². The number of rotatable bonds is 7. The van der Waals surface area contributed by atoms with Crippen LogP contribution < -0.4 is 5.32 Å². The number of aryl methyl sites for hydroxylation is 2. The van der Waals surface area contributed by atoms with Gasteiger partial charge in [-0.3, -0.25) is 0 Å². The Bertz CT molecular complexity index is 403. The minimum atomic E-state index is 0.345. The zero-order chi connectivity index (χ0) is 14.4. The first kappa shape index (κ1) is 15.9. The van der Waals surface area contributed by atoms with Crippen LogP contribution in [0.4, 0.5) is 0 Å². The summed E-state index contributed by atoms with van der Waals surface area (Å²) in [6.45, 7) is 7.71. The Morgan fingerprint density at radius 1 is 1.45 bits per heavy atom. The molecule has 5 heteroatoms. The largest absolute Gasteiger partial charge is 0.383 e. The smallest absolute Gasteiger partial charge is 0.110 e. The molecular weight excluding hydrogens is 272 g/mol. The normalized spacial score (nSPS) is 18.4. The number of aromatic nitrogens is 1. The van der Waals surface area contributed by atoms with Crippen LogP contribution in [0.2, 0.25) is 0 Å². The van der Waals surface area contributed by atoms with E-state index < -0.39 is 0 Å². The minimum Gasteiger partial charge on any atom is -0.383 e. The van der Waals surface area contributed by atoms with E-state index in [0.717, 1.165) is 45.6 Å². The van der Waals surface area contributed by atoms with Crippen molar-refractivity contribution >= 4 is 11.3 Å². The maximum absolute atomic E-state index is 5.49. The third-order valence-corrected chi connectivity index (χ3v) is 5.01. The standard InChI is InChI=1S/C15H26N2O2S/c1-4-13-11(2)20-15(17-13)14(16-7-10-18-3)12-5-8-19-9-6-12/h12,14,16H,4-10H2,1-3H3. The molecule has 0 radical (unpaired) electrons. The van der Waals surface area contributed by atoms with Crippen LogP contribution >= 0.6 is 11.3 Å². The molecule has 1 fully saturated rings. The second-order valence-corrected chi connectivity index (χ2v) is 6.52. The third kappa shape index (κ3) is 4.01. The van der Waals surface area contributed by atoms with Crippen LogP contribution in [-0.2, 0) is 15.9 Å². The van der Waals surface area contributed by atoms with E-state index in [2.05, 4.69) is 19.2 Å². The molecule has 1 aliphatic rings. The topological polar surface area (TPSA) is 43.4 Å². The van der Waals surface area contributed by atoms with E-state index in [1.165, 1.54) is 15.6 Å². The maximum atomic E-state index is 5.49. The van der Waals surface area contributed by atoms with Gasteiger partial charge in [0.05, 0.1) is 18.3 Å². The number of hydrogen-bond acceptors (Lipinski definition) is 5. The summed E-state index contributed by atoms with van der Waals surface area (Å²) in [4.78, 5) is 6.21. The number of hydrogen-bond donors (Lipinski definition) is 1. The molecule has 1 saturated heterocycles. The lowest BCUT2D eigenvalue weighted by Gasteiger charge is -2.29. The van der Waals surface area contributed by atoms with Gasteiger partial charge in [-0.15, -0.1) is 11.3 Å². The zero-order valence-electron chi connectivity index (χ0n) is 12.8. The fourth-order valence-electron chi connectivity index (χ4n) is 2.73. The second-order valence-electron chi connectivity index (χ2n) is 5.28. The molecule has 1 aliphatic heterocycles. The summed E-state index contributed by atoms with van der Waals surface area (Å²) in [5, 5.41) is 4.88. The molecule has 114 valence electrons. The monoisotopic (exact) mass is 298 g/mol. The van der Waals surface area contributed by atoms with Crippen molar-refractivity contribution in [2.24, 2.45) is 5.92 Å². The lowest BCUT2D eigenvalue weighted by atomic mass is 9.92. The second kappa shape index (κ2) is 8.08. The molecule has 1 unspecified atom stereocenters. The maximum Gasteiger partial charge on any atom is 0.110 e. The van der Waals surface area contributed by atoms with Gasteiger partial charge in [-0.1, -0.05) is 6.92 Å². The van der Waals surface area contributed by atoms with E-state index in [-0.39, 0.29) is 0 Å². The number of nitrogens with zero attached hydrogens (tertiary/aromatic N) is 1. The van der Waals surface area contributed by atoms with Gasteiger partial charge in [-0.05, 0) is 32.1 Å². The first-order valence-electron chi connectivity index (χ1n) is 7.52. The number of nitrogens with one attached hydrogen (secondary N) is 1. The lowest BCUT2D eigenvalue weighted by molar-refractivity contribution is 0.0524.